The molecular weight excluding hydrogens is 1290 g/mol. The van der Waals surface area contributed by atoms with E-state index in [1.54, 1.807) is 26.0 Å². The first-order valence-corrected chi connectivity index (χ1v) is 33.9. The largest absolute Gasteiger partial charge is 0.464 e. The first-order valence-electron chi connectivity index (χ1n) is 33.9. The molecule has 0 aromatic carbocycles. The fraction of sp³-hybridized carbons (Fsp3) is 0.683. The molecule has 0 radical (unpaired) electrons. The molecule has 1 aliphatic rings. The summed E-state index contributed by atoms with van der Waals surface area (Å²) in [5.41, 5.74) is -1.66. The number of hydrogen-bond acceptors (Lipinski definition) is 19. The zero-order valence-corrected chi connectivity index (χ0v) is 69.8. The number of ketones is 1. The summed E-state index contributed by atoms with van der Waals surface area (Å²) in [7, 11) is 0. The summed E-state index contributed by atoms with van der Waals surface area (Å²) in [6, 6.07) is 0. The van der Waals surface area contributed by atoms with Crippen LogP contribution < -0.4 is 0 Å². The Morgan fingerprint density at radius 3 is 0.851 bits per heavy atom. The highest BCUT2D eigenvalue weighted by Crippen LogP contribution is 2.47. The fourth-order valence-corrected chi connectivity index (χ4v) is 4.50. The van der Waals surface area contributed by atoms with E-state index in [4.69, 9.17) is 44.3 Å². The van der Waals surface area contributed by atoms with Gasteiger partial charge in [0.1, 0.15) is 28.5 Å². The van der Waals surface area contributed by atoms with Crippen LogP contribution in [0.5, 0.6) is 0 Å². The maximum Gasteiger partial charge on any atom is 0.384 e. The SMILES string of the molecule is C#CC(=O)OCC(C)(C)C.C/C=C/C(=O)OC(C)(C)C(C)(C)C.C/C=C/C(=O)OCC(C)(C)C.C=CC(=O)OC(C)(C)C(C)(C)C.C=CC(=O)OC(C)C(C)(C)C.C=CC(=O)OCC(C)(C)C.C=CC(=O)OCC(C)(C)C.C=CC(=O)OCC(C)(C)C.CC(=O)C1(C(=O)OCC(C)(C)C)CC1. The van der Waals surface area contributed by atoms with Crippen LogP contribution in [0.25, 0.3) is 0 Å². The first-order chi connectivity index (χ1) is 44.8. The lowest BCUT2D eigenvalue weighted by Crippen LogP contribution is -2.40. The number of carbonyl (C=O) groups excluding carboxylic acids is 10. The average Bonchev–Trinajstić information content (AvgIpc) is 1.63. The zero-order valence-electron chi connectivity index (χ0n) is 69.8. The van der Waals surface area contributed by atoms with Gasteiger partial charge < -0.3 is 42.6 Å². The van der Waals surface area contributed by atoms with Gasteiger partial charge in [0, 0.05) is 59.3 Å². The monoisotopic (exact) mass is 1430 g/mol. The summed E-state index contributed by atoms with van der Waals surface area (Å²) in [5, 5.41) is 0. The third kappa shape index (κ3) is 73.7. The number of terminal acetylenes is 1. The van der Waals surface area contributed by atoms with E-state index in [1.807, 2.05) is 207 Å². The minimum Gasteiger partial charge on any atom is -0.464 e. The summed E-state index contributed by atoms with van der Waals surface area (Å²) in [6.07, 6.45) is 18.1. The predicted molar refractivity (Wildman–Crippen MR) is 409 cm³/mol. The lowest BCUT2D eigenvalue weighted by molar-refractivity contribution is -0.161. The Morgan fingerprint density at radius 2 is 0.634 bits per heavy atom. The number of rotatable bonds is 18. The molecule has 0 heterocycles. The van der Waals surface area contributed by atoms with Gasteiger partial charge >= 0.3 is 53.7 Å². The van der Waals surface area contributed by atoms with Gasteiger partial charge in [-0.3, -0.25) is 9.59 Å². The van der Waals surface area contributed by atoms with E-state index >= 15 is 0 Å². The quantitative estimate of drug-likeness (QED) is 0.0309. The molecule has 101 heavy (non-hydrogen) atoms. The number of esters is 9. The highest BCUT2D eigenvalue weighted by molar-refractivity contribution is 6.05. The van der Waals surface area contributed by atoms with Crippen LogP contribution in [-0.2, 0) is 90.6 Å². The molecule has 0 amide bonds. The molecule has 584 valence electrons. The smallest absolute Gasteiger partial charge is 0.384 e. The van der Waals surface area contributed by atoms with Crippen molar-refractivity contribution in [3.63, 3.8) is 0 Å². The van der Waals surface area contributed by atoms with Crippen LogP contribution in [0.2, 0.25) is 0 Å². The van der Waals surface area contributed by atoms with Gasteiger partial charge in [0.15, 0.2) is 0 Å². The van der Waals surface area contributed by atoms with E-state index in [1.165, 1.54) is 49.5 Å². The first kappa shape index (κ1) is 110. The van der Waals surface area contributed by atoms with Crippen molar-refractivity contribution in [1.29, 1.82) is 0 Å². The fourth-order valence-electron chi connectivity index (χ4n) is 4.50. The van der Waals surface area contributed by atoms with Crippen LogP contribution in [0, 0.1) is 66.5 Å². The number of Topliss-reactive ketones (excluding diaryl/α,β-unsaturated/α-hetero) is 1. The van der Waals surface area contributed by atoms with Crippen molar-refractivity contribution < 1.29 is 90.6 Å². The second-order valence-corrected chi connectivity index (χ2v) is 35.1. The molecule has 0 spiro atoms. The molecule has 19 nitrogen and oxygen atoms in total. The topological polar surface area (TPSA) is 254 Å². The van der Waals surface area contributed by atoms with Crippen molar-refractivity contribution in [2.75, 3.05) is 39.6 Å². The Hall–Kier alpha value is -7.36. The van der Waals surface area contributed by atoms with Gasteiger partial charge in [-0.2, -0.15) is 0 Å². The number of carbonyl (C=O) groups is 10. The Labute approximate surface area is 613 Å². The lowest BCUT2D eigenvalue weighted by Gasteiger charge is -2.37. The van der Waals surface area contributed by atoms with Crippen LogP contribution in [0.3, 0.4) is 0 Å². The van der Waals surface area contributed by atoms with Gasteiger partial charge in [0.05, 0.1) is 39.6 Å². The molecule has 1 rings (SSSR count). The van der Waals surface area contributed by atoms with Crippen molar-refractivity contribution in [3.8, 4) is 12.3 Å². The molecule has 19 heteroatoms. The van der Waals surface area contributed by atoms with Gasteiger partial charge in [0.2, 0.25) is 0 Å². The van der Waals surface area contributed by atoms with Crippen molar-refractivity contribution in [1.82, 2.24) is 0 Å². The molecule has 0 saturated heterocycles. The highest BCUT2D eigenvalue weighted by atomic mass is 16.6. The summed E-state index contributed by atoms with van der Waals surface area (Å²) < 4.78 is 44.7. The van der Waals surface area contributed by atoms with E-state index in [-0.39, 0.29) is 108 Å². The molecule has 0 bridgehead atoms. The van der Waals surface area contributed by atoms with Gasteiger partial charge in [-0.15, -0.1) is 6.42 Å². The molecule has 0 aliphatic heterocycles. The van der Waals surface area contributed by atoms with E-state index in [0.717, 1.165) is 0 Å². The second-order valence-electron chi connectivity index (χ2n) is 35.1. The van der Waals surface area contributed by atoms with Gasteiger partial charge in [-0.05, 0) is 106 Å². The van der Waals surface area contributed by atoms with Gasteiger partial charge in [0.25, 0.3) is 0 Å². The van der Waals surface area contributed by atoms with E-state index in [2.05, 4.69) is 58.4 Å². The molecular formula is C82H142O19. The van der Waals surface area contributed by atoms with E-state index in [0.29, 0.717) is 52.5 Å². The highest BCUT2D eigenvalue weighted by Gasteiger charge is 2.55. The van der Waals surface area contributed by atoms with Crippen molar-refractivity contribution in [3.05, 3.63) is 87.6 Å². The van der Waals surface area contributed by atoms with Gasteiger partial charge in [-0.1, -0.05) is 232 Å². The molecule has 0 aromatic heterocycles. The van der Waals surface area contributed by atoms with E-state index in [9.17, 15) is 47.9 Å². The molecule has 1 fully saturated rings. The summed E-state index contributed by atoms with van der Waals surface area (Å²) in [4.78, 5) is 108. The van der Waals surface area contributed by atoms with Crippen molar-refractivity contribution in [2.24, 2.45) is 54.1 Å². The molecule has 1 aliphatic carbocycles. The number of hydrogen-bond donors (Lipinski definition) is 0. The Bertz CT molecular complexity index is 2570. The summed E-state index contributed by atoms with van der Waals surface area (Å²) in [5.74, 6) is -1.42. The summed E-state index contributed by atoms with van der Waals surface area (Å²) in [6.45, 7) is 88.0. The molecule has 0 N–H and O–H groups in total. The van der Waals surface area contributed by atoms with E-state index < -0.39 is 22.6 Å². The molecule has 1 atom stereocenters. The normalized spacial score (nSPS) is 12.8. The van der Waals surface area contributed by atoms with Crippen molar-refractivity contribution >= 4 is 59.5 Å². The standard InChI is InChI=1S/C11H18O3.C11H20O2.C10H18O2.2C9H16O2.3C8H14O2.C8H12O2/c1-8(12)11(5-6-11)9(13)14-7-10(2,3)4;1-7-8-9(12)13-11(5,6)10(2,3)4;1-7-8(11)12-10(5,6)9(2,3)4;1-6-8(10)11-7(2)9(3,4)5;1-5-6-8(10)11-7-9(2,3)4;4*1-5-7(9)10-6-8(2,3)4/h5-7H2,1-4H3;7-8H,1-6H3;7H,1H2,2-6H3;6-7H,1H2,2-5H3;5-6H,7H2,1-4H3;3*5H,1,6H2,2-4H3;1H,6H2,2-4H3/b;8-7+;;;6-5+;;;;. The molecule has 1 saturated carbocycles. The Morgan fingerprint density at radius 1 is 0.386 bits per heavy atom. The predicted octanol–water partition coefficient (Wildman–Crippen LogP) is 18.2. The van der Waals surface area contributed by atoms with Crippen LogP contribution in [-0.4, -0.2) is 116 Å². The minimum absolute atomic E-state index is 0.00132. The second kappa shape index (κ2) is 50.1. The third-order valence-corrected chi connectivity index (χ3v) is 13.1. The van der Waals surface area contributed by atoms with Crippen LogP contribution in [0.1, 0.15) is 255 Å². The van der Waals surface area contributed by atoms with Crippen LogP contribution >= 0.6 is 0 Å². The lowest BCUT2D eigenvalue weighted by atomic mass is 9.79. The Kier molecular flexibility index (Phi) is 54.3. The molecule has 0 aromatic rings. The Balaban J connectivity index is -0.000000161. The third-order valence-electron chi connectivity index (χ3n) is 13.1. The maximum absolute atomic E-state index is 11.6. The average molecular weight is 1430 g/mol. The van der Waals surface area contributed by atoms with Crippen LogP contribution in [0.15, 0.2) is 87.6 Å². The number of ether oxygens (including phenoxy) is 9. The van der Waals surface area contributed by atoms with Gasteiger partial charge in [-0.25, -0.2) is 38.4 Å². The minimum atomic E-state index is -0.773. The van der Waals surface area contributed by atoms with Crippen molar-refractivity contribution in [2.45, 2.75) is 272 Å². The maximum atomic E-state index is 11.6. The zero-order chi connectivity index (χ0) is 82.4. The van der Waals surface area contributed by atoms with Crippen LogP contribution in [0.4, 0.5) is 0 Å². The number of allylic oxidation sites excluding steroid dienone is 2. The summed E-state index contributed by atoms with van der Waals surface area (Å²) >= 11 is 0. The molecule has 1 unspecified atom stereocenters.